The van der Waals surface area contributed by atoms with Gasteiger partial charge in [-0.3, -0.25) is 9.78 Å². The molecule has 7 heteroatoms. The van der Waals surface area contributed by atoms with E-state index >= 15 is 0 Å². The van der Waals surface area contributed by atoms with Crippen LogP contribution in [0.4, 0.5) is 21.9 Å². The van der Waals surface area contributed by atoms with Crippen molar-refractivity contribution in [3.05, 3.63) is 48.3 Å². The highest BCUT2D eigenvalue weighted by Crippen LogP contribution is 2.21. The van der Waals surface area contributed by atoms with Crippen molar-refractivity contribution in [2.75, 3.05) is 41.7 Å². The van der Waals surface area contributed by atoms with E-state index in [1.807, 2.05) is 37.4 Å². The SMILES string of the molecule is CCC(=O)Nc1cc(NC(=O)N2CCN(c3cccnc3)CC2)ccc1C. The highest BCUT2D eigenvalue weighted by molar-refractivity contribution is 5.94. The molecule has 2 heterocycles. The van der Waals surface area contributed by atoms with Crippen molar-refractivity contribution in [2.24, 2.45) is 0 Å². The second kappa shape index (κ2) is 8.53. The van der Waals surface area contributed by atoms with Crippen molar-refractivity contribution >= 4 is 29.0 Å². The molecule has 0 atom stereocenters. The van der Waals surface area contributed by atoms with E-state index in [0.717, 1.165) is 30.0 Å². The fraction of sp³-hybridized carbons (Fsp3) is 0.350. The highest BCUT2D eigenvalue weighted by atomic mass is 16.2. The normalized spacial score (nSPS) is 14.0. The smallest absolute Gasteiger partial charge is 0.321 e. The van der Waals surface area contributed by atoms with Gasteiger partial charge in [0.25, 0.3) is 0 Å². The molecule has 1 aliphatic heterocycles. The summed E-state index contributed by atoms with van der Waals surface area (Å²) in [7, 11) is 0. The predicted molar refractivity (Wildman–Crippen MR) is 107 cm³/mol. The van der Waals surface area contributed by atoms with E-state index in [9.17, 15) is 9.59 Å². The Balaban J connectivity index is 1.58. The van der Waals surface area contributed by atoms with E-state index in [-0.39, 0.29) is 11.9 Å². The lowest BCUT2D eigenvalue weighted by Gasteiger charge is -2.35. The van der Waals surface area contributed by atoms with Gasteiger partial charge in [-0.05, 0) is 36.8 Å². The van der Waals surface area contributed by atoms with E-state index < -0.39 is 0 Å². The number of piperazine rings is 1. The Hall–Kier alpha value is -3.09. The zero-order valence-corrected chi connectivity index (χ0v) is 15.7. The average Bonchev–Trinajstić information content (AvgIpc) is 2.71. The number of nitrogens with one attached hydrogen (secondary N) is 2. The molecule has 27 heavy (non-hydrogen) atoms. The summed E-state index contributed by atoms with van der Waals surface area (Å²) in [5.41, 5.74) is 3.43. The van der Waals surface area contributed by atoms with E-state index in [1.54, 1.807) is 24.1 Å². The Morgan fingerprint density at radius 3 is 2.56 bits per heavy atom. The van der Waals surface area contributed by atoms with Crippen molar-refractivity contribution in [1.29, 1.82) is 0 Å². The summed E-state index contributed by atoms with van der Waals surface area (Å²) < 4.78 is 0. The second-order valence-corrected chi connectivity index (χ2v) is 6.55. The monoisotopic (exact) mass is 367 g/mol. The van der Waals surface area contributed by atoms with E-state index in [4.69, 9.17) is 0 Å². The Bertz CT molecular complexity index is 801. The van der Waals surface area contributed by atoms with Gasteiger partial charge in [0.15, 0.2) is 0 Å². The van der Waals surface area contributed by atoms with Crippen molar-refractivity contribution in [3.8, 4) is 0 Å². The topological polar surface area (TPSA) is 77.6 Å². The van der Waals surface area contributed by atoms with Crippen LogP contribution >= 0.6 is 0 Å². The van der Waals surface area contributed by atoms with Crippen molar-refractivity contribution < 1.29 is 9.59 Å². The number of urea groups is 1. The molecule has 3 amide bonds. The number of nitrogens with zero attached hydrogens (tertiary/aromatic N) is 3. The molecule has 142 valence electrons. The van der Waals surface area contributed by atoms with Crippen LogP contribution in [0.5, 0.6) is 0 Å². The molecule has 7 nitrogen and oxygen atoms in total. The molecule has 0 aliphatic carbocycles. The fourth-order valence-electron chi connectivity index (χ4n) is 2.98. The molecule has 0 bridgehead atoms. The van der Waals surface area contributed by atoms with Gasteiger partial charge in [0.1, 0.15) is 0 Å². The fourth-order valence-corrected chi connectivity index (χ4v) is 2.98. The summed E-state index contributed by atoms with van der Waals surface area (Å²) in [4.78, 5) is 32.4. The Morgan fingerprint density at radius 2 is 1.89 bits per heavy atom. The first-order valence-corrected chi connectivity index (χ1v) is 9.18. The molecule has 0 radical (unpaired) electrons. The molecule has 3 rings (SSSR count). The van der Waals surface area contributed by atoms with E-state index in [0.29, 0.717) is 25.2 Å². The first kappa shape index (κ1) is 18.7. The Labute approximate surface area is 159 Å². The number of aryl methyl sites for hydroxylation is 1. The van der Waals surface area contributed by atoms with Crippen LogP contribution in [0.25, 0.3) is 0 Å². The summed E-state index contributed by atoms with van der Waals surface area (Å²) >= 11 is 0. The Kier molecular flexibility index (Phi) is 5.90. The molecule has 1 aromatic carbocycles. The van der Waals surface area contributed by atoms with Crippen LogP contribution in [0.15, 0.2) is 42.7 Å². The first-order chi connectivity index (χ1) is 13.1. The quantitative estimate of drug-likeness (QED) is 0.870. The van der Waals surface area contributed by atoms with E-state index in [2.05, 4.69) is 20.5 Å². The first-order valence-electron chi connectivity index (χ1n) is 9.18. The van der Waals surface area contributed by atoms with Crippen LogP contribution in [0.1, 0.15) is 18.9 Å². The standard InChI is InChI=1S/C20H25N5O2/c1-3-19(26)23-18-13-16(7-6-15(18)2)22-20(27)25-11-9-24(10-12-25)17-5-4-8-21-14-17/h4-8,13-14H,3,9-12H2,1-2H3,(H,22,27)(H,23,26). The lowest BCUT2D eigenvalue weighted by molar-refractivity contribution is -0.115. The number of hydrogen-bond acceptors (Lipinski definition) is 4. The third-order valence-corrected chi connectivity index (χ3v) is 4.66. The number of amides is 3. The number of hydrogen-bond donors (Lipinski definition) is 2. The van der Waals surface area contributed by atoms with Crippen LogP contribution < -0.4 is 15.5 Å². The summed E-state index contributed by atoms with van der Waals surface area (Å²) in [6.45, 7) is 6.56. The van der Waals surface area contributed by atoms with Crippen molar-refractivity contribution in [2.45, 2.75) is 20.3 Å². The van der Waals surface area contributed by atoms with E-state index in [1.165, 1.54) is 0 Å². The Morgan fingerprint density at radius 1 is 1.11 bits per heavy atom. The van der Waals surface area contributed by atoms with Gasteiger partial charge < -0.3 is 20.4 Å². The maximum absolute atomic E-state index is 12.6. The molecule has 0 spiro atoms. The summed E-state index contributed by atoms with van der Waals surface area (Å²) in [6, 6.07) is 9.36. The molecule has 1 saturated heterocycles. The lowest BCUT2D eigenvalue weighted by atomic mass is 10.1. The molecule has 1 aromatic heterocycles. The molecular weight excluding hydrogens is 342 g/mol. The van der Waals surface area contributed by atoms with Crippen LogP contribution in [-0.2, 0) is 4.79 Å². The lowest BCUT2D eigenvalue weighted by Crippen LogP contribution is -2.50. The number of rotatable bonds is 4. The number of carbonyl (C=O) groups is 2. The maximum Gasteiger partial charge on any atom is 0.321 e. The van der Waals surface area contributed by atoms with Gasteiger partial charge >= 0.3 is 6.03 Å². The minimum atomic E-state index is -0.127. The van der Waals surface area contributed by atoms with Crippen LogP contribution in [-0.4, -0.2) is 48.0 Å². The van der Waals surface area contributed by atoms with Crippen LogP contribution in [0.3, 0.4) is 0 Å². The van der Waals surface area contributed by atoms with Gasteiger partial charge in [0.05, 0.1) is 11.9 Å². The van der Waals surface area contributed by atoms with Gasteiger partial charge in [-0.25, -0.2) is 4.79 Å². The molecule has 1 fully saturated rings. The summed E-state index contributed by atoms with van der Waals surface area (Å²) in [5, 5.41) is 5.79. The van der Waals surface area contributed by atoms with Gasteiger partial charge in [-0.1, -0.05) is 13.0 Å². The van der Waals surface area contributed by atoms with Crippen molar-refractivity contribution in [3.63, 3.8) is 0 Å². The molecular formula is C20H25N5O2. The average molecular weight is 367 g/mol. The number of benzene rings is 1. The zero-order valence-electron chi connectivity index (χ0n) is 15.7. The van der Waals surface area contributed by atoms with Gasteiger partial charge in [0, 0.05) is 50.2 Å². The molecule has 1 aliphatic rings. The molecule has 0 unspecified atom stereocenters. The third-order valence-electron chi connectivity index (χ3n) is 4.66. The highest BCUT2D eigenvalue weighted by Gasteiger charge is 2.21. The van der Waals surface area contributed by atoms with Gasteiger partial charge in [-0.15, -0.1) is 0 Å². The maximum atomic E-state index is 12.6. The minimum absolute atomic E-state index is 0.0481. The van der Waals surface area contributed by atoms with Crippen LogP contribution in [0.2, 0.25) is 0 Å². The third kappa shape index (κ3) is 4.75. The van der Waals surface area contributed by atoms with Crippen LogP contribution in [0, 0.1) is 6.92 Å². The number of aromatic nitrogens is 1. The number of pyridine rings is 1. The summed E-state index contributed by atoms with van der Waals surface area (Å²) in [5.74, 6) is -0.0481. The zero-order chi connectivity index (χ0) is 19.2. The number of carbonyl (C=O) groups excluding carboxylic acids is 2. The minimum Gasteiger partial charge on any atom is -0.367 e. The number of anilines is 3. The van der Waals surface area contributed by atoms with Crippen molar-refractivity contribution in [1.82, 2.24) is 9.88 Å². The second-order valence-electron chi connectivity index (χ2n) is 6.55. The molecule has 2 N–H and O–H groups in total. The predicted octanol–water partition coefficient (Wildman–Crippen LogP) is 3.09. The molecule has 2 aromatic rings. The van der Waals surface area contributed by atoms with Gasteiger partial charge in [-0.2, -0.15) is 0 Å². The molecule has 0 saturated carbocycles. The van der Waals surface area contributed by atoms with Gasteiger partial charge in [0.2, 0.25) is 5.91 Å². The largest absolute Gasteiger partial charge is 0.367 e. The summed E-state index contributed by atoms with van der Waals surface area (Å²) in [6.07, 6.45) is 4.01.